The molecule has 0 bridgehead atoms. The summed E-state index contributed by atoms with van der Waals surface area (Å²) in [6.07, 6.45) is 6.04. The standard InChI is InChI=1S/C11H14ClNO/c1-2-3-4-7-10(12)11-8-5-6-9-13(11)14/h2,5-6,8-10H,1,3-4,7H2. The molecule has 1 atom stereocenters. The van der Waals surface area contributed by atoms with Crippen molar-refractivity contribution in [2.45, 2.75) is 24.6 Å². The fourth-order valence-electron chi connectivity index (χ4n) is 1.27. The Hall–Kier alpha value is -1.02. The second kappa shape index (κ2) is 5.66. The number of allylic oxidation sites excluding steroid dienone is 1. The third kappa shape index (κ3) is 3.04. The van der Waals surface area contributed by atoms with Crippen molar-refractivity contribution in [2.75, 3.05) is 0 Å². The fourth-order valence-corrected chi connectivity index (χ4v) is 1.60. The molecule has 1 rings (SSSR count). The van der Waals surface area contributed by atoms with E-state index in [0.29, 0.717) is 5.69 Å². The van der Waals surface area contributed by atoms with Crippen molar-refractivity contribution in [2.24, 2.45) is 0 Å². The summed E-state index contributed by atoms with van der Waals surface area (Å²) in [6, 6.07) is 5.29. The van der Waals surface area contributed by atoms with Gasteiger partial charge in [-0.1, -0.05) is 6.08 Å². The molecule has 0 amide bonds. The first-order chi connectivity index (χ1) is 6.75. The molecule has 0 fully saturated rings. The number of nitrogens with zero attached hydrogens (tertiary/aromatic N) is 1. The van der Waals surface area contributed by atoms with Gasteiger partial charge in [0.2, 0.25) is 5.69 Å². The average Bonchev–Trinajstić information content (AvgIpc) is 2.18. The van der Waals surface area contributed by atoms with E-state index in [4.69, 9.17) is 11.6 Å². The molecule has 1 aromatic rings. The van der Waals surface area contributed by atoms with Crippen molar-refractivity contribution in [3.05, 3.63) is 48.0 Å². The Morgan fingerprint density at radius 2 is 2.36 bits per heavy atom. The lowest BCUT2D eigenvalue weighted by atomic mass is 10.1. The lowest BCUT2D eigenvalue weighted by Crippen LogP contribution is -2.31. The molecule has 0 saturated heterocycles. The van der Waals surface area contributed by atoms with Crippen LogP contribution in [0.4, 0.5) is 0 Å². The number of alkyl halides is 1. The van der Waals surface area contributed by atoms with Gasteiger partial charge < -0.3 is 5.21 Å². The largest absolute Gasteiger partial charge is 0.618 e. The molecule has 0 N–H and O–H groups in total. The van der Waals surface area contributed by atoms with E-state index in [0.717, 1.165) is 24.0 Å². The number of rotatable bonds is 5. The molecular weight excluding hydrogens is 198 g/mol. The van der Waals surface area contributed by atoms with E-state index in [2.05, 4.69) is 6.58 Å². The van der Waals surface area contributed by atoms with Gasteiger partial charge >= 0.3 is 0 Å². The zero-order valence-electron chi connectivity index (χ0n) is 8.03. The van der Waals surface area contributed by atoms with Crippen molar-refractivity contribution in [1.29, 1.82) is 0 Å². The van der Waals surface area contributed by atoms with Gasteiger partial charge in [-0.3, -0.25) is 0 Å². The molecule has 1 unspecified atom stereocenters. The maximum atomic E-state index is 11.3. The van der Waals surface area contributed by atoms with Crippen molar-refractivity contribution < 1.29 is 4.73 Å². The van der Waals surface area contributed by atoms with Crippen LogP contribution in [-0.4, -0.2) is 0 Å². The van der Waals surface area contributed by atoms with Crippen molar-refractivity contribution in [1.82, 2.24) is 0 Å². The zero-order valence-corrected chi connectivity index (χ0v) is 8.78. The Morgan fingerprint density at radius 1 is 1.57 bits per heavy atom. The summed E-state index contributed by atoms with van der Waals surface area (Å²) >= 11 is 6.09. The second-order valence-corrected chi connectivity index (χ2v) is 3.67. The predicted molar refractivity (Wildman–Crippen MR) is 58.0 cm³/mol. The molecule has 2 nitrogen and oxygen atoms in total. The minimum absolute atomic E-state index is 0.200. The molecule has 0 aromatic carbocycles. The van der Waals surface area contributed by atoms with Crippen LogP contribution in [0.5, 0.6) is 0 Å². The van der Waals surface area contributed by atoms with Gasteiger partial charge in [-0.25, -0.2) is 0 Å². The minimum atomic E-state index is -0.200. The van der Waals surface area contributed by atoms with Crippen molar-refractivity contribution in [3.8, 4) is 0 Å². The molecule has 0 spiro atoms. The molecule has 0 radical (unpaired) electrons. The van der Waals surface area contributed by atoms with Crippen LogP contribution in [0.2, 0.25) is 0 Å². The number of hydrogen-bond donors (Lipinski definition) is 0. The maximum absolute atomic E-state index is 11.3. The van der Waals surface area contributed by atoms with Crippen LogP contribution < -0.4 is 4.73 Å². The normalized spacial score (nSPS) is 12.4. The fraction of sp³-hybridized carbons (Fsp3) is 0.364. The summed E-state index contributed by atoms with van der Waals surface area (Å²) < 4.78 is 0.825. The van der Waals surface area contributed by atoms with Crippen LogP contribution in [0.25, 0.3) is 0 Å². The monoisotopic (exact) mass is 211 g/mol. The van der Waals surface area contributed by atoms with E-state index in [1.54, 1.807) is 12.1 Å². The SMILES string of the molecule is C=CCCCC(Cl)c1cccc[n+]1[O-]. The van der Waals surface area contributed by atoms with E-state index < -0.39 is 0 Å². The summed E-state index contributed by atoms with van der Waals surface area (Å²) in [5.74, 6) is 0. The summed E-state index contributed by atoms with van der Waals surface area (Å²) in [6.45, 7) is 3.64. The molecule has 0 aliphatic rings. The average molecular weight is 212 g/mol. The lowest BCUT2D eigenvalue weighted by molar-refractivity contribution is -0.614. The van der Waals surface area contributed by atoms with Crippen LogP contribution in [0.15, 0.2) is 37.1 Å². The summed E-state index contributed by atoms with van der Waals surface area (Å²) in [4.78, 5) is 0. The molecule has 1 aromatic heterocycles. The van der Waals surface area contributed by atoms with E-state index in [-0.39, 0.29) is 5.38 Å². The first-order valence-electron chi connectivity index (χ1n) is 4.68. The van der Waals surface area contributed by atoms with Gasteiger partial charge in [0, 0.05) is 12.1 Å². The van der Waals surface area contributed by atoms with Gasteiger partial charge in [-0.2, -0.15) is 4.73 Å². The first-order valence-corrected chi connectivity index (χ1v) is 5.12. The number of halogens is 1. The lowest BCUT2D eigenvalue weighted by Gasteiger charge is -2.08. The Balaban J connectivity index is 2.55. The van der Waals surface area contributed by atoms with Crippen molar-refractivity contribution in [3.63, 3.8) is 0 Å². The minimum Gasteiger partial charge on any atom is -0.618 e. The van der Waals surface area contributed by atoms with Crippen LogP contribution in [0.1, 0.15) is 30.3 Å². The van der Waals surface area contributed by atoms with E-state index in [1.165, 1.54) is 6.20 Å². The highest BCUT2D eigenvalue weighted by atomic mass is 35.5. The summed E-state index contributed by atoms with van der Waals surface area (Å²) in [5, 5.41) is 11.1. The van der Waals surface area contributed by atoms with Crippen molar-refractivity contribution >= 4 is 11.6 Å². The Morgan fingerprint density at radius 3 is 3.00 bits per heavy atom. The van der Waals surface area contributed by atoms with Gasteiger partial charge in [-0.05, 0) is 25.3 Å². The summed E-state index contributed by atoms with van der Waals surface area (Å²) in [5.41, 5.74) is 0.623. The highest BCUT2D eigenvalue weighted by Gasteiger charge is 2.15. The first kappa shape index (κ1) is 11.1. The van der Waals surface area contributed by atoms with Crippen LogP contribution in [0, 0.1) is 5.21 Å². The number of hydrogen-bond acceptors (Lipinski definition) is 1. The maximum Gasteiger partial charge on any atom is 0.210 e. The highest BCUT2D eigenvalue weighted by molar-refractivity contribution is 6.20. The number of unbranched alkanes of at least 4 members (excludes halogenated alkanes) is 1. The molecule has 76 valence electrons. The quantitative estimate of drug-likeness (QED) is 0.242. The van der Waals surface area contributed by atoms with Gasteiger partial charge in [0.1, 0.15) is 5.38 Å². The third-order valence-electron chi connectivity index (χ3n) is 2.04. The molecule has 3 heteroatoms. The topological polar surface area (TPSA) is 26.9 Å². The second-order valence-electron chi connectivity index (χ2n) is 3.14. The Kier molecular flexibility index (Phi) is 4.47. The molecule has 14 heavy (non-hydrogen) atoms. The Bertz CT molecular complexity index is 301. The van der Waals surface area contributed by atoms with Gasteiger partial charge in [0.15, 0.2) is 6.20 Å². The van der Waals surface area contributed by atoms with E-state index in [9.17, 15) is 5.21 Å². The van der Waals surface area contributed by atoms with Crippen LogP contribution in [0.3, 0.4) is 0 Å². The molecule has 0 saturated carbocycles. The number of pyridine rings is 1. The van der Waals surface area contributed by atoms with Gasteiger partial charge in [0.05, 0.1) is 0 Å². The zero-order chi connectivity index (χ0) is 10.4. The smallest absolute Gasteiger partial charge is 0.210 e. The van der Waals surface area contributed by atoms with E-state index >= 15 is 0 Å². The van der Waals surface area contributed by atoms with Gasteiger partial charge in [-0.15, -0.1) is 18.2 Å². The molecular formula is C11H14ClNO. The molecule has 0 aliphatic carbocycles. The van der Waals surface area contributed by atoms with Crippen LogP contribution in [-0.2, 0) is 0 Å². The van der Waals surface area contributed by atoms with Crippen LogP contribution >= 0.6 is 11.6 Å². The Labute approximate surface area is 89.4 Å². The predicted octanol–water partition coefficient (Wildman–Crippen LogP) is 2.96. The number of aromatic nitrogens is 1. The van der Waals surface area contributed by atoms with E-state index in [1.807, 2.05) is 12.1 Å². The molecule has 1 heterocycles. The highest BCUT2D eigenvalue weighted by Crippen LogP contribution is 2.23. The van der Waals surface area contributed by atoms with Gasteiger partial charge in [0.25, 0.3) is 0 Å². The molecule has 0 aliphatic heterocycles. The summed E-state index contributed by atoms with van der Waals surface area (Å²) in [7, 11) is 0. The third-order valence-corrected chi connectivity index (χ3v) is 2.48.